The first-order chi connectivity index (χ1) is 3.87. The Morgan fingerprint density at radius 2 is 2.12 bits per heavy atom. The second-order valence-corrected chi connectivity index (χ2v) is 3.57. The van der Waals surface area contributed by atoms with Gasteiger partial charge in [-0.25, -0.2) is 0 Å². The van der Waals surface area contributed by atoms with Gasteiger partial charge in [-0.15, -0.1) is 0 Å². The lowest BCUT2D eigenvalue weighted by atomic mass is 10.1. The molecule has 0 heterocycles. The van der Waals surface area contributed by atoms with Crippen molar-refractivity contribution in [2.45, 2.75) is 39.0 Å². The summed E-state index contributed by atoms with van der Waals surface area (Å²) in [6.45, 7) is 2.29. The van der Waals surface area contributed by atoms with Crippen molar-refractivity contribution in [1.82, 2.24) is 0 Å². The van der Waals surface area contributed by atoms with E-state index < -0.39 is 0 Å². The number of hydrogen-bond acceptors (Lipinski definition) is 0. The molecule has 0 aromatic rings. The Balaban J connectivity index is 1.70. The molecule has 0 heteroatoms. The summed E-state index contributed by atoms with van der Waals surface area (Å²) in [5.41, 5.74) is 0.968. The highest BCUT2D eigenvalue weighted by Gasteiger charge is 2.68. The summed E-state index contributed by atoms with van der Waals surface area (Å²) in [5, 5.41) is 0. The molecule has 0 unspecified atom stereocenters. The van der Waals surface area contributed by atoms with E-state index in [1.807, 2.05) is 0 Å². The van der Waals surface area contributed by atoms with E-state index in [2.05, 4.69) is 6.92 Å². The van der Waals surface area contributed by atoms with Crippen LogP contribution in [0.3, 0.4) is 0 Å². The predicted octanol–water partition coefficient (Wildman–Crippen LogP) is 2.59. The first-order valence-electron chi connectivity index (χ1n) is 3.87. The van der Waals surface area contributed by atoms with Crippen LogP contribution >= 0.6 is 0 Å². The van der Waals surface area contributed by atoms with Crippen LogP contribution in [0.4, 0.5) is 0 Å². The van der Waals surface area contributed by atoms with Crippen molar-refractivity contribution in [2.24, 2.45) is 11.3 Å². The third-order valence-corrected chi connectivity index (χ3v) is 2.88. The average Bonchev–Trinajstić information content (AvgIpc) is 2.45. The Labute approximate surface area is 51.3 Å². The summed E-state index contributed by atoms with van der Waals surface area (Å²) in [6.07, 6.45) is 7.61. The fourth-order valence-electron chi connectivity index (χ4n) is 1.74. The first kappa shape index (κ1) is 4.84. The minimum absolute atomic E-state index is 0.968. The van der Waals surface area contributed by atoms with Crippen LogP contribution in [0.1, 0.15) is 39.0 Å². The number of rotatable bonds is 3. The monoisotopic (exact) mass is 110 g/mol. The molecular formula is C8H14. The van der Waals surface area contributed by atoms with E-state index in [-0.39, 0.29) is 0 Å². The van der Waals surface area contributed by atoms with Gasteiger partial charge in [0.15, 0.2) is 0 Å². The fourth-order valence-corrected chi connectivity index (χ4v) is 1.74. The summed E-state index contributed by atoms with van der Waals surface area (Å²) in [7, 11) is 0. The lowest BCUT2D eigenvalue weighted by Crippen LogP contribution is -1.83. The van der Waals surface area contributed by atoms with E-state index in [9.17, 15) is 0 Å². The molecule has 2 saturated carbocycles. The van der Waals surface area contributed by atoms with Crippen LogP contribution in [0, 0.1) is 11.3 Å². The minimum Gasteiger partial charge on any atom is -0.0654 e. The van der Waals surface area contributed by atoms with Crippen molar-refractivity contribution in [3.05, 3.63) is 0 Å². The molecule has 0 nitrogen and oxygen atoms in total. The minimum atomic E-state index is 0.968. The molecule has 0 N–H and O–H groups in total. The second-order valence-electron chi connectivity index (χ2n) is 3.57. The normalized spacial score (nSPS) is 48.4. The lowest BCUT2D eigenvalue weighted by Gasteiger charge is -1.97. The Morgan fingerprint density at radius 1 is 1.50 bits per heavy atom. The van der Waals surface area contributed by atoms with E-state index in [0.29, 0.717) is 0 Å². The van der Waals surface area contributed by atoms with E-state index in [0.717, 1.165) is 5.41 Å². The maximum atomic E-state index is 2.29. The number of fused-ring (bicyclic) bond motifs is 1. The molecule has 0 atom stereocenters. The van der Waals surface area contributed by atoms with Crippen molar-refractivity contribution in [1.29, 1.82) is 0 Å². The van der Waals surface area contributed by atoms with Gasteiger partial charge < -0.3 is 0 Å². The van der Waals surface area contributed by atoms with Crippen LogP contribution in [0.15, 0.2) is 0 Å². The van der Waals surface area contributed by atoms with Crippen molar-refractivity contribution in [3.8, 4) is 0 Å². The smallest absolute Gasteiger partial charge is 0.0263 e. The van der Waals surface area contributed by atoms with Crippen LogP contribution in [0.2, 0.25) is 0 Å². The van der Waals surface area contributed by atoms with E-state index >= 15 is 0 Å². The zero-order chi connectivity index (χ0) is 5.61. The molecule has 2 rings (SSSR count). The highest BCUT2D eigenvalue weighted by atomic mass is 14.7. The summed E-state index contributed by atoms with van der Waals surface area (Å²) in [4.78, 5) is 0. The highest BCUT2D eigenvalue weighted by Crippen LogP contribution is 2.77. The molecule has 2 aliphatic carbocycles. The quantitative estimate of drug-likeness (QED) is 0.524. The Hall–Kier alpha value is 0. The average molecular weight is 110 g/mol. The van der Waals surface area contributed by atoms with Crippen molar-refractivity contribution < 1.29 is 0 Å². The van der Waals surface area contributed by atoms with Crippen molar-refractivity contribution in [3.63, 3.8) is 0 Å². The first-order valence-corrected chi connectivity index (χ1v) is 3.87. The number of unbranched alkanes of at least 4 members (excludes halogenated alkanes) is 1. The lowest BCUT2D eigenvalue weighted by molar-refractivity contribution is 0.549. The molecule has 0 radical (unpaired) electrons. The molecule has 2 fully saturated rings. The summed E-state index contributed by atoms with van der Waals surface area (Å²) in [6, 6.07) is 0. The van der Waals surface area contributed by atoms with Gasteiger partial charge in [-0.3, -0.25) is 0 Å². The van der Waals surface area contributed by atoms with E-state index in [1.54, 1.807) is 19.3 Å². The van der Waals surface area contributed by atoms with Gasteiger partial charge in [-0.1, -0.05) is 19.8 Å². The molecule has 0 aliphatic heterocycles. The molecule has 46 valence electrons. The molecule has 0 spiro atoms. The maximum Gasteiger partial charge on any atom is -0.0263 e. The second kappa shape index (κ2) is 1.29. The summed E-state index contributed by atoms with van der Waals surface area (Å²) < 4.78 is 0. The van der Waals surface area contributed by atoms with Gasteiger partial charge in [-0.2, -0.15) is 0 Å². The zero-order valence-electron chi connectivity index (χ0n) is 5.61. The van der Waals surface area contributed by atoms with E-state index in [1.165, 1.54) is 18.8 Å². The molecule has 0 saturated heterocycles. The largest absolute Gasteiger partial charge is 0.0654 e. The van der Waals surface area contributed by atoms with Crippen LogP contribution < -0.4 is 0 Å². The molecule has 0 aromatic carbocycles. The molecular weight excluding hydrogens is 96.1 g/mol. The van der Waals surface area contributed by atoms with Gasteiger partial charge in [0.1, 0.15) is 0 Å². The number of hydrogen-bond donors (Lipinski definition) is 0. The van der Waals surface area contributed by atoms with Gasteiger partial charge in [-0.05, 0) is 30.6 Å². The standard InChI is InChI=1S/C8H14/c1-2-3-4-8-5-7(8)6-8/h7H,2-6H2,1H3. The van der Waals surface area contributed by atoms with Crippen LogP contribution in [-0.2, 0) is 0 Å². The Kier molecular flexibility index (Phi) is 0.778. The Morgan fingerprint density at radius 3 is 2.50 bits per heavy atom. The molecule has 2 aliphatic rings. The molecule has 8 heavy (non-hydrogen) atoms. The molecule has 0 amide bonds. The SMILES string of the molecule is CCCCC12CC1C2. The third kappa shape index (κ3) is 0.519. The zero-order valence-corrected chi connectivity index (χ0v) is 5.61. The fraction of sp³-hybridized carbons (Fsp3) is 1.00. The van der Waals surface area contributed by atoms with Gasteiger partial charge in [0.05, 0.1) is 0 Å². The maximum absolute atomic E-state index is 2.29. The van der Waals surface area contributed by atoms with Crippen molar-refractivity contribution >= 4 is 0 Å². The Bertz CT molecular complexity index is 98.6. The summed E-state index contributed by atoms with van der Waals surface area (Å²) >= 11 is 0. The van der Waals surface area contributed by atoms with Gasteiger partial charge in [0, 0.05) is 0 Å². The van der Waals surface area contributed by atoms with Gasteiger partial charge >= 0.3 is 0 Å². The van der Waals surface area contributed by atoms with E-state index in [4.69, 9.17) is 0 Å². The molecule has 0 bridgehead atoms. The van der Waals surface area contributed by atoms with Crippen molar-refractivity contribution in [2.75, 3.05) is 0 Å². The van der Waals surface area contributed by atoms with Gasteiger partial charge in [0.25, 0.3) is 0 Å². The summed E-state index contributed by atoms with van der Waals surface area (Å²) in [5.74, 6) is 1.22. The third-order valence-electron chi connectivity index (χ3n) is 2.88. The van der Waals surface area contributed by atoms with Crippen LogP contribution in [0.5, 0.6) is 0 Å². The van der Waals surface area contributed by atoms with Gasteiger partial charge in [0.2, 0.25) is 0 Å². The molecule has 0 aromatic heterocycles. The van der Waals surface area contributed by atoms with Crippen LogP contribution in [0.25, 0.3) is 0 Å². The topological polar surface area (TPSA) is 0 Å². The predicted molar refractivity (Wildman–Crippen MR) is 34.7 cm³/mol. The highest BCUT2D eigenvalue weighted by molar-refractivity contribution is 5.17. The van der Waals surface area contributed by atoms with Crippen LogP contribution in [-0.4, -0.2) is 0 Å².